The van der Waals surface area contributed by atoms with Gasteiger partial charge >= 0.3 is 0 Å². The number of carbonyl (C=O) groups is 1. The lowest BCUT2D eigenvalue weighted by molar-refractivity contribution is 0.0909. The van der Waals surface area contributed by atoms with Crippen molar-refractivity contribution >= 4 is 16.7 Å². The van der Waals surface area contributed by atoms with Crippen molar-refractivity contribution in [3.8, 4) is 0 Å². The lowest BCUT2D eigenvalue weighted by Crippen LogP contribution is -2.32. The maximum atomic E-state index is 12.4. The third kappa shape index (κ3) is 6.71. The summed E-state index contributed by atoms with van der Waals surface area (Å²) in [5.41, 5.74) is 3.47. The lowest BCUT2D eigenvalue weighted by atomic mass is 10.1. The normalized spacial score (nSPS) is 13.0. The molecule has 29 heavy (non-hydrogen) atoms. The molecule has 3 rings (SSSR count). The van der Waals surface area contributed by atoms with E-state index in [0.717, 1.165) is 18.4 Å². The maximum absolute atomic E-state index is 12.4. The van der Waals surface area contributed by atoms with Crippen molar-refractivity contribution in [3.05, 3.63) is 94.9 Å². The van der Waals surface area contributed by atoms with Gasteiger partial charge in [0.15, 0.2) is 5.76 Å². The molecule has 1 N–H and O–H groups in total. The van der Waals surface area contributed by atoms with Gasteiger partial charge < -0.3 is 9.73 Å². The van der Waals surface area contributed by atoms with Gasteiger partial charge in [-0.15, -0.1) is 0 Å². The van der Waals surface area contributed by atoms with Crippen molar-refractivity contribution < 1.29 is 13.4 Å². The zero-order valence-electron chi connectivity index (χ0n) is 16.9. The van der Waals surface area contributed by atoms with E-state index >= 15 is 0 Å². The van der Waals surface area contributed by atoms with Gasteiger partial charge in [-0.1, -0.05) is 60.2 Å². The number of rotatable bonds is 9. The van der Waals surface area contributed by atoms with E-state index in [1.165, 1.54) is 11.1 Å². The number of nitrogens with one attached hydrogen (secondary N) is 1. The van der Waals surface area contributed by atoms with E-state index in [-0.39, 0.29) is 17.7 Å². The van der Waals surface area contributed by atoms with Gasteiger partial charge in [0, 0.05) is 22.6 Å². The van der Waals surface area contributed by atoms with E-state index in [2.05, 4.69) is 17.4 Å². The second-order valence-corrected chi connectivity index (χ2v) is 8.84. The zero-order valence-corrected chi connectivity index (χ0v) is 17.7. The molecule has 2 aromatic carbocycles. The first-order valence-electron chi connectivity index (χ1n) is 9.83. The number of amides is 1. The van der Waals surface area contributed by atoms with E-state index in [0.29, 0.717) is 17.3 Å². The average molecular weight is 410 g/mol. The highest BCUT2D eigenvalue weighted by atomic mass is 32.2. The van der Waals surface area contributed by atoms with Crippen LogP contribution in [0, 0.1) is 6.92 Å². The van der Waals surface area contributed by atoms with Gasteiger partial charge in [-0.2, -0.15) is 0 Å². The molecule has 1 heterocycles. The molecule has 0 radical (unpaired) electrons. The fraction of sp³-hybridized carbons (Fsp3) is 0.292. The van der Waals surface area contributed by atoms with Crippen LogP contribution in [0.4, 0.5) is 0 Å². The minimum absolute atomic E-state index is 0.0342. The molecule has 2 atom stereocenters. The van der Waals surface area contributed by atoms with E-state index < -0.39 is 10.8 Å². The first kappa shape index (κ1) is 21.1. The molecule has 152 valence electrons. The highest BCUT2D eigenvalue weighted by Gasteiger charge is 2.15. The van der Waals surface area contributed by atoms with Crippen LogP contribution in [0.3, 0.4) is 0 Å². The number of aryl methyl sites for hydroxylation is 2. The van der Waals surface area contributed by atoms with Crippen LogP contribution in [0.5, 0.6) is 0 Å². The second kappa shape index (κ2) is 10.2. The Balaban J connectivity index is 1.47. The first-order chi connectivity index (χ1) is 14.0. The molecule has 0 saturated carbocycles. The van der Waals surface area contributed by atoms with E-state index in [4.69, 9.17) is 4.42 Å². The molecule has 0 bridgehead atoms. The molecular weight excluding hydrogens is 382 g/mol. The molecule has 0 saturated heterocycles. The van der Waals surface area contributed by atoms with Crippen LogP contribution in [0.15, 0.2) is 71.1 Å². The standard InChI is InChI=1S/C24H27NO3S/c1-18-8-11-21(12-9-18)16-29(27)17-22-14-15-23(28-22)24(26)25-19(2)10-13-20-6-4-3-5-7-20/h3-9,11-12,14-15,19H,10,13,16-17H2,1-2H3,(H,25,26)/t19-,29-/m0/s1. The monoisotopic (exact) mass is 409 g/mol. The van der Waals surface area contributed by atoms with Gasteiger partial charge in [0.25, 0.3) is 5.91 Å². The number of benzene rings is 2. The largest absolute Gasteiger partial charge is 0.455 e. The summed E-state index contributed by atoms with van der Waals surface area (Å²) in [6, 6.07) is 21.6. The number of hydrogen-bond acceptors (Lipinski definition) is 3. The lowest BCUT2D eigenvalue weighted by Gasteiger charge is -2.12. The Morgan fingerprint density at radius 2 is 1.69 bits per heavy atom. The second-order valence-electron chi connectivity index (χ2n) is 7.38. The fourth-order valence-electron chi connectivity index (χ4n) is 3.05. The van der Waals surface area contributed by atoms with E-state index in [9.17, 15) is 9.00 Å². The summed E-state index contributed by atoms with van der Waals surface area (Å²) in [5, 5.41) is 2.97. The SMILES string of the molecule is Cc1ccc(C[S@](=O)Cc2ccc(C(=O)N[C@@H](C)CCc3ccccc3)o2)cc1. The van der Waals surface area contributed by atoms with Gasteiger partial charge in [0.1, 0.15) is 5.76 Å². The summed E-state index contributed by atoms with van der Waals surface area (Å²) in [7, 11) is -1.09. The summed E-state index contributed by atoms with van der Waals surface area (Å²) >= 11 is 0. The fourth-order valence-corrected chi connectivity index (χ4v) is 4.19. The summed E-state index contributed by atoms with van der Waals surface area (Å²) in [5.74, 6) is 1.36. The molecule has 4 nitrogen and oxygen atoms in total. The maximum Gasteiger partial charge on any atom is 0.287 e. The van der Waals surface area contributed by atoms with Crippen molar-refractivity contribution in [2.24, 2.45) is 0 Å². The van der Waals surface area contributed by atoms with Gasteiger partial charge in [-0.05, 0) is 49.9 Å². The smallest absolute Gasteiger partial charge is 0.287 e. The zero-order chi connectivity index (χ0) is 20.6. The molecular formula is C24H27NO3S. The number of hydrogen-bond donors (Lipinski definition) is 1. The summed E-state index contributed by atoms with van der Waals surface area (Å²) in [6.07, 6.45) is 1.76. The van der Waals surface area contributed by atoms with Crippen LogP contribution in [0.25, 0.3) is 0 Å². The van der Waals surface area contributed by atoms with Crippen LogP contribution in [-0.2, 0) is 28.7 Å². The Kier molecular flexibility index (Phi) is 7.42. The van der Waals surface area contributed by atoms with Gasteiger partial charge in [0.2, 0.25) is 0 Å². The van der Waals surface area contributed by atoms with Crippen LogP contribution >= 0.6 is 0 Å². The van der Waals surface area contributed by atoms with Crippen molar-refractivity contribution in [1.29, 1.82) is 0 Å². The van der Waals surface area contributed by atoms with Crippen molar-refractivity contribution in [3.63, 3.8) is 0 Å². The minimum Gasteiger partial charge on any atom is -0.455 e. The highest BCUT2D eigenvalue weighted by molar-refractivity contribution is 7.83. The van der Waals surface area contributed by atoms with Gasteiger partial charge in [-0.3, -0.25) is 9.00 Å². The number of carbonyl (C=O) groups excluding carboxylic acids is 1. The molecule has 0 aliphatic carbocycles. The Morgan fingerprint density at radius 3 is 2.41 bits per heavy atom. The Hall–Kier alpha value is -2.66. The molecule has 0 aliphatic rings. The molecule has 1 aromatic heterocycles. The molecule has 3 aromatic rings. The summed E-state index contributed by atoms with van der Waals surface area (Å²) in [6.45, 7) is 4.01. The molecule has 1 amide bonds. The van der Waals surface area contributed by atoms with Crippen molar-refractivity contribution in [1.82, 2.24) is 5.32 Å². The van der Waals surface area contributed by atoms with Crippen LogP contribution in [-0.4, -0.2) is 16.2 Å². The quantitative estimate of drug-likeness (QED) is 0.553. The Bertz CT molecular complexity index is 948. The third-order valence-corrected chi connectivity index (χ3v) is 5.99. The third-order valence-electron chi connectivity index (χ3n) is 4.72. The molecule has 0 aliphatic heterocycles. The summed E-state index contributed by atoms with van der Waals surface area (Å²) < 4.78 is 18.0. The van der Waals surface area contributed by atoms with Crippen molar-refractivity contribution in [2.45, 2.75) is 44.2 Å². The molecule has 0 spiro atoms. The minimum atomic E-state index is -1.09. The summed E-state index contributed by atoms with van der Waals surface area (Å²) in [4.78, 5) is 12.4. The highest BCUT2D eigenvalue weighted by Crippen LogP contribution is 2.14. The average Bonchev–Trinajstić information content (AvgIpc) is 3.17. The van der Waals surface area contributed by atoms with Gasteiger partial charge in [-0.25, -0.2) is 0 Å². The predicted molar refractivity (Wildman–Crippen MR) is 117 cm³/mol. The molecule has 5 heteroatoms. The molecule has 0 unspecified atom stereocenters. The Labute approximate surface area is 174 Å². The Morgan fingerprint density at radius 1 is 0.966 bits per heavy atom. The topological polar surface area (TPSA) is 59.3 Å². The van der Waals surface area contributed by atoms with Crippen LogP contribution < -0.4 is 5.32 Å². The molecule has 0 fully saturated rings. The van der Waals surface area contributed by atoms with Crippen LogP contribution in [0.1, 0.15) is 46.3 Å². The van der Waals surface area contributed by atoms with E-state index in [1.807, 2.05) is 56.3 Å². The van der Waals surface area contributed by atoms with Crippen LogP contribution in [0.2, 0.25) is 0 Å². The van der Waals surface area contributed by atoms with E-state index in [1.54, 1.807) is 12.1 Å². The predicted octanol–water partition coefficient (Wildman–Crippen LogP) is 4.79. The van der Waals surface area contributed by atoms with Crippen molar-refractivity contribution in [2.75, 3.05) is 0 Å². The number of furan rings is 1. The van der Waals surface area contributed by atoms with Gasteiger partial charge in [0.05, 0.1) is 5.75 Å². The first-order valence-corrected chi connectivity index (χ1v) is 11.3.